The highest BCUT2D eigenvalue weighted by atomic mass is 35.5. The number of nitrogens with one attached hydrogen (secondary N) is 3. The van der Waals surface area contributed by atoms with E-state index in [1.165, 1.54) is 29.7 Å². The predicted molar refractivity (Wildman–Crippen MR) is 146 cm³/mol. The van der Waals surface area contributed by atoms with Crippen molar-refractivity contribution in [1.82, 2.24) is 5.43 Å². The van der Waals surface area contributed by atoms with Crippen molar-refractivity contribution in [2.24, 2.45) is 5.10 Å². The molecule has 0 unspecified atom stereocenters. The van der Waals surface area contributed by atoms with Gasteiger partial charge in [-0.3, -0.25) is 14.4 Å². The Kier molecular flexibility index (Phi) is 8.60. The van der Waals surface area contributed by atoms with Crippen molar-refractivity contribution in [3.05, 3.63) is 111 Å². The SMILES string of the molecule is O=C(N/N=C/c1ccc(OC(=O)c2cccs2)cc1)C(=O)Nc1ccccc1C(=O)Nc1ccc(Cl)cc1. The number of rotatable bonds is 7. The quantitative estimate of drug-likeness (QED) is 0.0992. The molecule has 1 heterocycles. The number of para-hydroxylation sites is 1. The van der Waals surface area contributed by atoms with Crippen LogP contribution in [0.4, 0.5) is 11.4 Å². The Morgan fingerprint density at radius 1 is 0.816 bits per heavy atom. The Morgan fingerprint density at radius 3 is 2.26 bits per heavy atom. The molecule has 0 saturated heterocycles. The second-order valence-corrected chi connectivity index (χ2v) is 8.98. The Morgan fingerprint density at radius 2 is 1.55 bits per heavy atom. The Balaban J connectivity index is 1.31. The third kappa shape index (κ3) is 7.12. The van der Waals surface area contributed by atoms with Crippen LogP contribution in [0.2, 0.25) is 5.02 Å². The van der Waals surface area contributed by atoms with Gasteiger partial charge in [0.15, 0.2) is 0 Å². The van der Waals surface area contributed by atoms with Crippen LogP contribution in [0, 0.1) is 0 Å². The van der Waals surface area contributed by atoms with Gasteiger partial charge in [0.1, 0.15) is 10.6 Å². The average molecular weight is 547 g/mol. The van der Waals surface area contributed by atoms with Crippen LogP contribution < -0.4 is 20.8 Å². The summed E-state index contributed by atoms with van der Waals surface area (Å²) in [5, 5.41) is 11.2. The number of amides is 3. The summed E-state index contributed by atoms with van der Waals surface area (Å²) in [5.74, 6) is -2.63. The van der Waals surface area contributed by atoms with Gasteiger partial charge in [-0.15, -0.1) is 11.3 Å². The number of benzene rings is 3. The lowest BCUT2D eigenvalue weighted by atomic mass is 10.1. The number of hydrogen-bond acceptors (Lipinski definition) is 7. The molecule has 3 aromatic carbocycles. The van der Waals surface area contributed by atoms with E-state index in [1.54, 1.807) is 78.2 Å². The lowest BCUT2D eigenvalue weighted by Crippen LogP contribution is -2.33. The molecule has 0 spiro atoms. The molecule has 4 rings (SSSR count). The van der Waals surface area contributed by atoms with Crippen molar-refractivity contribution >= 4 is 64.2 Å². The van der Waals surface area contributed by atoms with E-state index in [-0.39, 0.29) is 11.3 Å². The maximum absolute atomic E-state index is 12.7. The maximum atomic E-state index is 12.7. The number of carbonyl (C=O) groups is 4. The van der Waals surface area contributed by atoms with Gasteiger partial charge in [-0.1, -0.05) is 29.8 Å². The van der Waals surface area contributed by atoms with E-state index >= 15 is 0 Å². The Bertz CT molecular complexity index is 1490. The van der Waals surface area contributed by atoms with Gasteiger partial charge in [-0.05, 0) is 77.7 Å². The van der Waals surface area contributed by atoms with E-state index in [1.807, 2.05) is 0 Å². The molecule has 0 aliphatic rings. The van der Waals surface area contributed by atoms with E-state index in [4.69, 9.17) is 16.3 Å². The number of esters is 1. The highest BCUT2D eigenvalue weighted by Crippen LogP contribution is 2.19. The fourth-order valence-electron chi connectivity index (χ4n) is 3.09. The minimum Gasteiger partial charge on any atom is -0.422 e. The minimum absolute atomic E-state index is 0.149. The van der Waals surface area contributed by atoms with Crippen molar-refractivity contribution in [3.8, 4) is 5.75 Å². The van der Waals surface area contributed by atoms with Crippen molar-refractivity contribution in [2.45, 2.75) is 0 Å². The van der Waals surface area contributed by atoms with Crippen LogP contribution in [-0.2, 0) is 9.59 Å². The molecular weight excluding hydrogens is 528 g/mol. The number of hydrazone groups is 1. The lowest BCUT2D eigenvalue weighted by molar-refractivity contribution is -0.136. The fraction of sp³-hybridized carbons (Fsp3) is 0. The molecule has 0 atom stereocenters. The molecule has 0 aliphatic carbocycles. The largest absolute Gasteiger partial charge is 0.422 e. The third-order valence-electron chi connectivity index (χ3n) is 4.92. The monoisotopic (exact) mass is 546 g/mol. The summed E-state index contributed by atoms with van der Waals surface area (Å²) in [7, 11) is 0. The molecular formula is C27H19ClN4O5S. The van der Waals surface area contributed by atoms with Gasteiger partial charge in [0.25, 0.3) is 5.91 Å². The number of anilines is 2. The first-order valence-electron chi connectivity index (χ1n) is 11.0. The summed E-state index contributed by atoms with van der Waals surface area (Å²) in [6.45, 7) is 0. The van der Waals surface area contributed by atoms with Gasteiger partial charge >= 0.3 is 17.8 Å². The first kappa shape index (κ1) is 26.3. The normalized spacial score (nSPS) is 10.6. The third-order valence-corrected chi connectivity index (χ3v) is 6.02. The number of nitrogens with zero attached hydrogens (tertiary/aromatic N) is 1. The van der Waals surface area contributed by atoms with Crippen LogP contribution >= 0.6 is 22.9 Å². The van der Waals surface area contributed by atoms with Gasteiger partial charge < -0.3 is 15.4 Å². The van der Waals surface area contributed by atoms with Gasteiger partial charge in [-0.2, -0.15) is 5.10 Å². The Hall–Kier alpha value is -4.80. The number of halogens is 1. The molecule has 9 nitrogen and oxygen atoms in total. The Labute approximate surface area is 226 Å². The zero-order valence-corrected chi connectivity index (χ0v) is 21.1. The van der Waals surface area contributed by atoms with Crippen LogP contribution in [0.25, 0.3) is 0 Å². The van der Waals surface area contributed by atoms with Gasteiger partial charge in [0.05, 0.1) is 17.5 Å². The summed E-state index contributed by atoms with van der Waals surface area (Å²) in [6, 6.07) is 22.6. The van der Waals surface area contributed by atoms with Crippen molar-refractivity contribution in [1.29, 1.82) is 0 Å². The smallest absolute Gasteiger partial charge is 0.353 e. The van der Waals surface area contributed by atoms with Crippen LogP contribution in [0.15, 0.2) is 95.4 Å². The summed E-state index contributed by atoms with van der Waals surface area (Å²) in [5.41, 5.74) is 3.54. The summed E-state index contributed by atoms with van der Waals surface area (Å²) >= 11 is 7.14. The highest BCUT2D eigenvalue weighted by molar-refractivity contribution is 7.12. The van der Waals surface area contributed by atoms with E-state index in [0.717, 1.165) is 0 Å². The molecule has 0 saturated carbocycles. The molecule has 190 valence electrons. The number of thiophene rings is 1. The molecule has 0 bridgehead atoms. The summed E-state index contributed by atoms with van der Waals surface area (Å²) < 4.78 is 5.28. The second-order valence-electron chi connectivity index (χ2n) is 7.60. The van der Waals surface area contributed by atoms with Crippen LogP contribution in [0.1, 0.15) is 25.6 Å². The van der Waals surface area contributed by atoms with E-state index in [2.05, 4.69) is 21.2 Å². The standard InChI is InChI=1S/C27H19ClN4O5S/c28-18-9-11-19(12-10-18)30-24(33)21-4-1-2-5-22(21)31-25(34)26(35)32-29-16-17-7-13-20(14-8-17)37-27(36)23-6-3-15-38-23/h1-16H,(H,30,33)(H,31,34)(H,32,35)/b29-16+. The first-order valence-corrected chi connectivity index (χ1v) is 12.3. The number of ether oxygens (including phenoxy) is 1. The predicted octanol–water partition coefficient (Wildman–Crippen LogP) is 4.96. The second kappa shape index (κ2) is 12.4. The molecule has 3 N–H and O–H groups in total. The van der Waals surface area contributed by atoms with Crippen LogP contribution in [-0.4, -0.2) is 29.9 Å². The fourth-order valence-corrected chi connectivity index (χ4v) is 3.82. The summed E-state index contributed by atoms with van der Waals surface area (Å²) in [6.07, 6.45) is 1.32. The molecule has 38 heavy (non-hydrogen) atoms. The molecule has 3 amide bonds. The van der Waals surface area contributed by atoms with Crippen LogP contribution in [0.3, 0.4) is 0 Å². The van der Waals surface area contributed by atoms with Gasteiger partial charge in [-0.25, -0.2) is 10.2 Å². The lowest BCUT2D eigenvalue weighted by Gasteiger charge is -2.11. The molecule has 11 heteroatoms. The van der Waals surface area contributed by atoms with E-state index in [0.29, 0.717) is 26.9 Å². The maximum Gasteiger partial charge on any atom is 0.353 e. The zero-order valence-electron chi connectivity index (χ0n) is 19.5. The van der Waals surface area contributed by atoms with E-state index in [9.17, 15) is 19.2 Å². The molecule has 0 fully saturated rings. The van der Waals surface area contributed by atoms with Crippen molar-refractivity contribution in [2.75, 3.05) is 10.6 Å². The minimum atomic E-state index is -1.03. The number of carbonyl (C=O) groups excluding carboxylic acids is 4. The first-order chi connectivity index (χ1) is 18.4. The number of hydrogen-bond donors (Lipinski definition) is 3. The van der Waals surface area contributed by atoms with Gasteiger partial charge in [0, 0.05) is 10.7 Å². The van der Waals surface area contributed by atoms with Crippen molar-refractivity contribution < 1.29 is 23.9 Å². The molecule has 1 aromatic heterocycles. The summed E-state index contributed by atoms with van der Waals surface area (Å²) in [4.78, 5) is 49.8. The highest BCUT2D eigenvalue weighted by Gasteiger charge is 2.18. The molecule has 4 aromatic rings. The van der Waals surface area contributed by atoms with E-state index < -0.39 is 23.7 Å². The zero-order chi connectivity index (χ0) is 26.9. The molecule has 0 radical (unpaired) electrons. The van der Waals surface area contributed by atoms with Gasteiger partial charge in [0.2, 0.25) is 0 Å². The topological polar surface area (TPSA) is 126 Å². The molecule has 0 aliphatic heterocycles. The van der Waals surface area contributed by atoms with Crippen LogP contribution in [0.5, 0.6) is 5.75 Å². The van der Waals surface area contributed by atoms with Crippen molar-refractivity contribution in [3.63, 3.8) is 0 Å². The average Bonchev–Trinajstić information content (AvgIpc) is 3.47.